The van der Waals surface area contributed by atoms with Gasteiger partial charge in [-0.25, -0.2) is 9.97 Å². The third kappa shape index (κ3) is 2.87. The molecule has 0 spiro atoms. The Morgan fingerprint density at radius 3 is 2.52 bits per heavy atom. The fraction of sp³-hybridized carbons (Fsp3) is 0.136. The SMILES string of the molecule is Cc1nccc(-c2ccn3c(-c4c(-c5ccccc5)nn(C)c4C)nnc3c2)n1. The van der Waals surface area contributed by atoms with E-state index in [2.05, 4.69) is 32.3 Å². The number of hydrogen-bond acceptors (Lipinski definition) is 5. The van der Waals surface area contributed by atoms with Crippen LogP contribution in [0.5, 0.6) is 0 Å². The van der Waals surface area contributed by atoms with Crippen molar-refractivity contribution in [2.24, 2.45) is 7.05 Å². The van der Waals surface area contributed by atoms with Crippen molar-refractivity contribution in [3.8, 4) is 33.9 Å². The predicted molar refractivity (Wildman–Crippen MR) is 111 cm³/mol. The van der Waals surface area contributed by atoms with E-state index in [4.69, 9.17) is 5.10 Å². The van der Waals surface area contributed by atoms with E-state index in [1.807, 2.05) is 72.6 Å². The van der Waals surface area contributed by atoms with E-state index in [1.165, 1.54) is 0 Å². The summed E-state index contributed by atoms with van der Waals surface area (Å²) in [5.41, 5.74) is 6.58. The molecule has 4 heterocycles. The lowest BCUT2D eigenvalue weighted by Crippen LogP contribution is -1.95. The minimum atomic E-state index is 0.739. The molecular formula is C22H19N7. The number of benzene rings is 1. The van der Waals surface area contributed by atoms with Crippen molar-refractivity contribution in [2.45, 2.75) is 13.8 Å². The number of rotatable bonds is 3. The normalized spacial score (nSPS) is 11.3. The first-order valence-corrected chi connectivity index (χ1v) is 9.36. The van der Waals surface area contributed by atoms with Crippen molar-refractivity contribution in [3.05, 3.63) is 72.4 Å². The van der Waals surface area contributed by atoms with Crippen LogP contribution < -0.4 is 0 Å². The summed E-state index contributed by atoms with van der Waals surface area (Å²) in [6, 6.07) is 16.1. The van der Waals surface area contributed by atoms with E-state index in [1.54, 1.807) is 6.20 Å². The maximum absolute atomic E-state index is 4.74. The van der Waals surface area contributed by atoms with Crippen molar-refractivity contribution >= 4 is 5.65 Å². The monoisotopic (exact) mass is 381 g/mol. The summed E-state index contributed by atoms with van der Waals surface area (Å²) < 4.78 is 3.88. The second-order valence-electron chi connectivity index (χ2n) is 6.95. The summed E-state index contributed by atoms with van der Waals surface area (Å²) in [6.07, 6.45) is 3.75. The molecule has 0 unspecified atom stereocenters. The molecule has 0 fully saturated rings. The summed E-state index contributed by atoms with van der Waals surface area (Å²) in [7, 11) is 1.95. The van der Waals surface area contributed by atoms with Crippen LogP contribution in [0.1, 0.15) is 11.5 Å². The van der Waals surface area contributed by atoms with E-state index in [0.29, 0.717) is 0 Å². The van der Waals surface area contributed by atoms with Crippen molar-refractivity contribution in [1.29, 1.82) is 0 Å². The predicted octanol–water partition coefficient (Wildman–Crippen LogP) is 3.87. The average Bonchev–Trinajstić information content (AvgIpc) is 3.29. The van der Waals surface area contributed by atoms with E-state index < -0.39 is 0 Å². The second kappa shape index (κ2) is 6.63. The highest BCUT2D eigenvalue weighted by Gasteiger charge is 2.21. The number of aromatic nitrogens is 7. The lowest BCUT2D eigenvalue weighted by atomic mass is 10.1. The molecule has 0 aliphatic heterocycles. The number of fused-ring (bicyclic) bond motifs is 1. The summed E-state index contributed by atoms with van der Waals surface area (Å²) in [5, 5.41) is 13.7. The Labute approximate surface area is 167 Å². The zero-order valence-electron chi connectivity index (χ0n) is 16.4. The highest BCUT2D eigenvalue weighted by atomic mass is 15.3. The zero-order chi connectivity index (χ0) is 20.0. The minimum Gasteiger partial charge on any atom is -0.282 e. The lowest BCUT2D eigenvalue weighted by molar-refractivity contribution is 0.743. The van der Waals surface area contributed by atoms with Crippen molar-refractivity contribution in [1.82, 2.24) is 34.3 Å². The molecule has 0 radical (unpaired) electrons. The first-order chi connectivity index (χ1) is 14.1. The van der Waals surface area contributed by atoms with Gasteiger partial charge in [-0.15, -0.1) is 10.2 Å². The van der Waals surface area contributed by atoms with Crippen LogP contribution in [0.25, 0.3) is 39.5 Å². The smallest absolute Gasteiger partial charge is 0.172 e. The molecule has 0 atom stereocenters. The van der Waals surface area contributed by atoms with Gasteiger partial charge in [0.2, 0.25) is 0 Å². The molecule has 142 valence electrons. The topological polar surface area (TPSA) is 73.8 Å². The molecule has 0 amide bonds. The van der Waals surface area contributed by atoms with E-state index in [9.17, 15) is 0 Å². The maximum Gasteiger partial charge on any atom is 0.172 e. The molecule has 0 N–H and O–H groups in total. The van der Waals surface area contributed by atoms with Gasteiger partial charge in [-0.1, -0.05) is 30.3 Å². The first kappa shape index (κ1) is 17.2. The van der Waals surface area contributed by atoms with Crippen LogP contribution in [0, 0.1) is 13.8 Å². The largest absolute Gasteiger partial charge is 0.282 e. The number of pyridine rings is 1. The van der Waals surface area contributed by atoms with Gasteiger partial charge in [-0.2, -0.15) is 5.10 Å². The van der Waals surface area contributed by atoms with Crippen LogP contribution in [-0.2, 0) is 7.05 Å². The van der Waals surface area contributed by atoms with Crippen molar-refractivity contribution < 1.29 is 0 Å². The molecule has 0 aliphatic rings. The van der Waals surface area contributed by atoms with E-state index in [0.717, 1.165) is 51.1 Å². The number of nitrogens with zero attached hydrogens (tertiary/aromatic N) is 7. The highest BCUT2D eigenvalue weighted by Crippen LogP contribution is 2.33. The maximum atomic E-state index is 4.74. The van der Waals surface area contributed by atoms with Crippen LogP contribution in [-0.4, -0.2) is 34.3 Å². The van der Waals surface area contributed by atoms with Crippen LogP contribution >= 0.6 is 0 Å². The van der Waals surface area contributed by atoms with Crippen LogP contribution in [0.2, 0.25) is 0 Å². The zero-order valence-corrected chi connectivity index (χ0v) is 16.4. The molecule has 5 aromatic rings. The van der Waals surface area contributed by atoms with E-state index >= 15 is 0 Å². The number of aryl methyl sites for hydroxylation is 2. The summed E-state index contributed by atoms with van der Waals surface area (Å²) >= 11 is 0. The third-order valence-corrected chi connectivity index (χ3v) is 5.09. The third-order valence-electron chi connectivity index (χ3n) is 5.09. The Morgan fingerprint density at radius 1 is 0.897 bits per heavy atom. The van der Waals surface area contributed by atoms with Crippen molar-refractivity contribution in [2.75, 3.05) is 0 Å². The lowest BCUT2D eigenvalue weighted by Gasteiger charge is -2.05. The van der Waals surface area contributed by atoms with Crippen LogP contribution in [0.15, 0.2) is 60.9 Å². The summed E-state index contributed by atoms with van der Waals surface area (Å²) in [5.74, 6) is 1.51. The Hall–Kier alpha value is -3.87. The fourth-order valence-electron chi connectivity index (χ4n) is 3.51. The molecule has 0 saturated carbocycles. The Kier molecular flexibility index (Phi) is 3.94. The number of hydrogen-bond donors (Lipinski definition) is 0. The van der Waals surface area contributed by atoms with Gasteiger partial charge in [-0.3, -0.25) is 9.08 Å². The molecule has 0 saturated heterocycles. The average molecular weight is 381 g/mol. The van der Waals surface area contributed by atoms with Gasteiger partial charge >= 0.3 is 0 Å². The minimum absolute atomic E-state index is 0.739. The quantitative estimate of drug-likeness (QED) is 0.474. The fourth-order valence-corrected chi connectivity index (χ4v) is 3.51. The molecule has 5 rings (SSSR count). The van der Waals surface area contributed by atoms with Gasteiger partial charge in [0, 0.05) is 36.3 Å². The Bertz CT molecular complexity index is 1330. The first-order valence-electron chi connectivity index (χ1n) is 9.36. The van der Waals surface area contributed by atoms with Crippen molar-refractivity contribution in [3.63, 3.8) is 0 Å². The van der Waals surface area contributed by atoms with Crippen LogP contribution in [0.3, 0.4) is 0 Å². The summed E-state index contributed by atoms with van der Waals surface area (Å²) in [6.45, 7) is 3.93. The van der Waals surface area contributed by atoms with Gasteiger partial charge in [0.25, 0.3) is 0 Å². The van der Waals surface area contributed by atoms with Gasteiger partial charge in [0.05, 0.1) is 11.3 Å². The van der Waals surface area contributed by atoms with Gasteiger partial charge in [-0.05, 0) is 32.0 Å². The van der Waals surface area contributed by atoms with E-state index in [-0.39, 0.29) is 0 Å². The molecule has 1 aromatic carbocycles. The standard InChI is InChI=1S/C22H19N7/c1-14-20(21(27-28(14)3)16-7-5-4-6-8-16)22-26-25-19-13-17(10-12-29(19)22)18-9-11-23-15(2)24-18/h4-13H,1-3H3. The Balaban J connectivity index is 1.68. The van der Waals surface area contributed by atoms with Gasteiger partial charge in [0.1, 0.15) is 11.5 Å². The molecule has 29 heavy (non-hydrogen) atoms. The van der Waals surface area contributed by atoms with Gasteiger partial charge < -0.3 is 0 Å². The summed E-state index contributed by atoms with van der Waals surface area (Å²) in [4.78, 5) is 8.67. The molecule has 7 nitrogen and oxygen atoms in total. The van der Waals surface area contributed by atoms with Crippen LogP contribution in [0.4, 0.5) is 0 Å². The molecular weight excluding hydrogens is 362 g/mol. The molecule has 7 heteroatoms. The Morgan fingerprint density at radius 2 is 1.72 bits per heavy atom. The second-order valence-corrected chi connectivity index (χ2v) is 6.95. The molecule has 0 aliphatic carbocycles. The van der Waals surface area contributed by atoms with Gasteiger partial charge in [0.15, 0.2) is 11.5 Å². The molecule has 0 bridgehead atoms. The highest BCUT2D eigenvalue weighted by molar-refractivity contribution is 5.80. The molecule has 4 aromatic heterocycles.